The minimum atomic E-state index is -1.24. The monoisotopic (exact) mass is 645 g/mol. The van der Waals surface area contributed by atoms with Crippen molar-refractivity contribution in [2.24, 2.45) is 17.3 Å². The van der Waals surface area contributed by atoms with E-state index >= 15 is 0 Å². The molecule has 2 fully saturated rings. The number of rotatable bonds is 2. The second kappa shape index (κ2) is 9.39. The molecule has 254 valence electrons. The number of aromatic nitrogens is 1. The summed E-state index contributed by atoms with van der Waals surface area (Å²) in [6.45, 7) is 17.6. The van der Waals surface area contributed by atoms with Gasteiger partial charge in [-0.25, -0.2) is 0 Å². The van der Waals surface area contributed by atoms with Crippen LogP contribution < -0.4 is 0 Å². The number of aliphatic hydroxyl groups is 3. The number of hydrogen-bond acceptors (Lipinski definition) is 7. The molecule has 47 heavy (non-hydrogen) atoms. The van der Waals surface area contributed by atoms with E-state index in [-0.39, 0.29) is 17.4 Å². The van der Waals surface area contributed by atoms with Crippen LogP contribution in [0, 0.1) is 17.3 Å². The molecule has 8 nitrogen and oxygen atoms in total. The maximum atomic E-state index is 13.0. The number of aromatic amines is 1. The number of carbonyl (C=O) groups excluding carboxylic acids is 1. The Morgan fingerprint density at radius 2 is 1.81 bits per heavy atom. The maximum Gasteiger partial charge on any atom is 0.303 e. The predicted molar refractivity (Wildman–Crippen MR) is 179 cm³/mol. The molecule has 3 heterocycles. The molecule has 0 saturated heterocycles. The van der Waals surface area contributed by atoms with Gasteiger partial charge in [-0.15, -0.1) is 0 Å². The van der Waals surface area contributed by atoms with Crippen LogP contribution in [-0.4, -0.2) is 67.0 Å². The van der Waals surface area contributed by atoms with E-state index in [1.54, 1.807) is 13.8 Å². The Hall–Kier alpha value is -2.49. The number of esters is 1. The molecule has 4 N–H and O–H groups in total. The molecule has 8 heteroatoms. The fraction of sp³-hybridized carbons (Fsp3) is 0.667. The summed E-state index contributed by atoms with van der Waals surface area (Å²) in [5.41, 5.74) is 3.28. The highest BCUT2D eigenvalue weighted by Gasteiger charge is 2.70. The summed E-state index contributed by atoms with van der Waals surface area (Å²) in [6.07, 6.45) is 5.33. The van der Waals surface area contributed by atoms with Crippen molar-refractivity contribution in [3.05, 3.63) is 52.2 Å². The molecule has 9 atom stereocenters. The molecule has 0 bridgehead atoms. The number of aliphatic hydroxyl groups excluding tert-OH is 1. The molecule has 8 rings (SSSR count). The van der Waals surface area contributed by atoms with Crippen molar-refractivity contribution in [3.8, 4) is 0 Å². The highest BCUT2D eigenvalue weighted by Crippen LogP contribution is 2.69. The van der Waals surface area contributed by atoms with Gasteiger partial charge >= 0.3 is 5.97 Å². The number of fused-ring (bicyclic) bond motifs is 12. The minimum absolute atomic E-state index is 0.132. The molecular formula is C39H51NO7. The summed E-state index contributed by atoms with van der Waals surface area (Å²) in [5.74, 6) is -0.243. The number of benzene rings is 1. The number of carbonyl (C=O) groups is 1. The van der Waals surface area contributed by atoms with Crippen molar-refractivity contribution in [3.63, 3.8) is 0 Å². The first-order valence-corrected chi connectivity index (χ1v) is 17.5. The van der Waals surface area contributed by atoms with Gasteiger partial charge in [0.1, 0.15) is 12.2 Å². The average molecular weight is 646 g/mol. The largest absolute Gasteiger partial charge is 0.455 e. The van der Waals surface area contributed by atoms with Gasteiger partial charge in [0.2, 0.25) is 0 Å². The van der Waals surface area contributed by atoms with E-state index in [2.05, 4.69) is 64.7 Å². The van der Waals surface area contributed by atoms with Gasteiger partial charge in [0.05, 0.1) is 34.6 Å². The van der Waals surface area contributed by atoms with Crippen molar-refractivity contribution >= 4 is 22.4 Å². The average Bonchev–Trinajstić information content (AvgIpc) is 3.54. The Labute approximate surface area is 277 Å². The van der Waals surface area contributed by atoms with Crippen LogP contribution in [0.1, 0.15) is 116 Å². The van der Waals surface area contributed by atoms with Crippen LogP contribution in [0.25, 0.3) is 16.5 Å². The van der Waals surface area contributed by atoms with E-state index in [1.807, 2.05) is 6.08 Å². The van der Waals surface area contributed by atoms with Crippen LogP contribution in [0.15, 0.2) is 29.9 Å². The molecule has 0 amide bonds. The van der Waals surface area contributed by atoms with Crippen LogP contribution in [0.5, 0.6) is 0 Å². The van der Waals surface area contributed by atoms with Crippen LogP contribution in [0.2, 0.25) is 0 Å². The molecule has 2 aliphatic heterocycles. The molecule has 1 aromatic carbocycles. The summed E-state index contributed by atoms with van der Waals surface area (Å²) < 4.78 is 18.7. The first-order valence-electron chi connectivity index (χ1n) is 17.5. The molecular weight excluding hydrogens is 594 g/mol. The minimum Gasteiger partial charge on any atom is -0.455 e. The van der Waals surface area contributed by atoms with Crippen molar-refractivity contribution in [1.82, 2.24) is 4.98 Å². The Morgan fingerprint density at radius 3 is 2.49 bits per heavy atom. The molecule has 2 aromatic rings. The van der Waals surface area contributed by atoms with E-state index in [0.29, 0.717) is 18.8 Å². The number of H-pyrrole nitrogens is 1. The first kappa shape index (κ1) is 31.8. The zero-order valence-electron chi connectivity index (χ0n) is 29.3. The molecule has 2 saturated carbocycles. The van der Waals surface area contributed by atoms with E-state index in [9.17, 15) is 20.1 Å². The molecule has 0 radical (unpaired) electrons. The van der Waals surface area contributed by atoms with Crippen LogP contribution in [-0.2, 0) is 30.8 Å². The lowest BCUT2D eigenvalue weighted by molar-refractivity contribution is -0.214. The fourth-order valence-electron chi connectivity index (χ4n) is 11.4. The van der Waals surface area contributed by atoms with Gasteiger partial charge in [0.25, 0.3) is 0 Å². The second-order valence-electron chi connectivity index (χ2n) is 17.6. The highest BCUT2D eigenvalue weighted by atomic mass is 16.6. The van der Waals surface area contributed by atoms with E-state index in [4.69, 9.17) is 14.2 Å². The quantitative estimate of drug-likeness (QED) is 0.235. The number of ether oxygens (including phenoxy) is 3. The second-order valence-corrected chi connectivity index (χ2v) is 17.6. The third kappa shape index (κ3) is 4.02. The molecule has 1 aromatic heterocycles. The first-order chi connectivity index (χ1) is 21.7. The van der Waals surface area contributed by atoms with E-state index < -0.39 is 52.1 Å². The molecule has 4 aliphatic carbocycles. The van der Waals surface area contributed by atoms with Gasteiger partial charge in [0, 0.05) is 40.3 Å². The summed E-state index contributed by atoms with van der Waals surface area (Å²) in [4.78, 5) is 16.1. The lowest BCUT2D eigenvalue weighted by Gasteiger charge is -2.65. The molecule has 0 spiro atoms. The lowest BCUT2D eigenvalue weighted by atomic mass is 9.42. The van der Waals surface area contributed by atoms with Gasteiger partial charge in [-0.2, -0.15) is 0 Å². The smallest absolute Gasteiger partial charge is 0.303 e. The van der Waals surface area contributed by atoms with Gasteiger partial charge < -0.3 is 34.5 Å². The lowest BCUT2D eigenvalue weighted by Crippen LogP contribution is -2.68. The third-order valence-corrected chi connectivity index (χ3v) is 13.5. The van der Waals surface area contributed by atoms with Crippen LogP contribution in [0.4, 0.5) is 0 Å². The Balaban J connectivity index is 1.24. The van der Waals surface area contributed by atoms with Gasteiger partial charge in [-0.1, -0.05) is 13.8 Å². The topological polar surface area (TPSA) is 121 Å². The zero-order valence-corrected chi connectivity index (χ0v) is 29.3. The van der Waals surface area contributed by atoms with Crippen molar-refractivity contribution in [2.45, 2.75) is 147 Å². The van der Waals surface area contributed by atoms with Crippen molar-refractivity contribution in [2.75, 3.05) is 0 Å². The van der Waals surface area contributed by atoms with Gasteiger partial charge in [0.15, 0.2) is 0 Å². The van der Waals surface area contributed by atoms with Crippen LogP contribution in [0.3, 0.4) is 0 Å². The predicted octanol–water partition coefficient (Wildman–Crippen LogP) is 5.95. The SMILES string of the molecule is CC(=O)OC1C=C2C(CCC3(C)C2(O)CCC2Cc4c([nH]c5cc6c(cc45)C(O)C4C6=CC(C)(C)OC4(C)C)C23C)OC1C(C)(C)O. The number of hydrogen-bond donors (Lipinski definition) is 4. The normalized spacial score (nSPS) is 41.1. The summed E-state index contributed by atoms with van der Waals surface area (Å²) in [7, 11) is 0. The fourth-order valence-corrected chi connectivity index (χ4v) is 11.4. The maximum absolute atomic E-state index is 13.0. The zero-order chi connectivity index (χ0) is 33.9. The van der Waals surface area contributed by atoms with Crippen molar-refractivity contribution < 1.29 is 34.3 Å². The van der Waals surface area contributed by atoms with Crippen LogP contribution >= 0.6 is 0 Å². The Kier molecular flexibility index (Phi) is 6.34. The van der Waals surface area contributed by atoms with E-state index in [0.717, 1.165) is 52.4 Å². The van der Waals surface area contributed by atoms with E-state index in [1.165, 1.54) is 18.2 Å². The highest BCUT2D eigenvalue weighted by molar-refractivity contribution is 5.93. The number of nitrogens with one attached hydrogen (secondary N) is 1. The standard InChI is InChI=1S/C39H51NO7/c1-19(41)45-29-17-26-28(46-33(29)35(4,5)43)11-12-37(8)38(9)20(10-13-39(26,37)44)14-24-22-15-23-21(16-27(22)40-32(24)38)25-18-34(2,3)47-36(6,7)30(25)31(23)42/h15-18,20,28-31,33,40,42-44H,10-14H2,1-9H3. The third-order valence-electron chi connectivity index (χ3n) is 13.5. The van der Waals surface area contributed by atoms with Gasteiger partial charge in [-0.3, -0.25) is 4.79 Å². The molecule has 9 unspecified atom stereocenters. The Bertz CT molecular complexity index is 1770. The summed E-state index contributed by atoms with van der Waals surface area (Å²) in [6, 6.07) is 4.46. The summed E-state index contributed by atoms with van der Waals surface area (Å²) >= 11 is 0. The summed E-state index contributed by atoms with van der Waals surface area (Å²) in [5, 5.41) is 36.8. The molecule has 6 aliphatic rings. The van der Waals surface area contributed by atoms with Gasteiger partial charge in [-0.05, 0) is 132 Å². The van der Waals surface area contributed by atoms with Crippen molar-refractivity contribution in [1.29, 1.82) is 0 Å². The Morgan fingerprint density at radius 1 is 1.09 bits per heavy atom.